The van der Waals surface area contributed by atoms with Crippen molar-refractivity contribution in [1.29, 1.82) is 0 Å². The van der Waals surface area contributed by atoms with Crippen LogP contribution in [0, 0.1) is 5.92 Å². The average Bonchev–Trinajstić information content (AvgIpc) is 2.92. The molecule has 1 saturated carbocycles. The molecule has 3 nitrogen and oxygen atoms in total. The van der Waals surface area contributed by atoms with Crippen LogP contribution in [0.5, 0.6) is 0 Å². The highest BCUT2D eigenvalue weighted by atomic mass is 14.9. The Hall–Kier alpha value is -1.09. The van der Waals surface area contributed by atoms with E-state index in [0.717, 1.165) is 30.4 Å². The van der Waals surface area contributed by atoms with Gasteiger partial charge in [-0.3, -0.25) is 4.98 Å². The minimum absolute atomic E-state index is 0.728. The predicted molar refractivity (Wildman–Crippen MR) is 53.1 cm³/mol. The molecule has 0 spiro atoms. The first-order valence-electron chi connectivity index (χ1n) is 4.76. The predicted octanol–water partition coefficient (Wildman–Crippen LogP) is 1.16. The van der Waals surface area contributed by atoms with Crippen molar-refractivity contribution in [2.45, 2.75) is 19.4 Å². The van der Waals surface area contributed by atoms with Crippen LogP contribution in [-0.2, 0) is 6.54 Å². The number of rotatable bonds is 4. The van der Waals surface area contributed by atoms with E-state index in [9.17, 15) is 0 Å². The molecule has 0 saturated heterocycles. The Morgan fingerprint density at radius 3 is 2.92 bits per heavy atom. The summed E-state index contributed by atoms with van der Waals surface area (Å²) in [5.41, 5.74) is 7.32. The van der Waals surface area contributed by atoms with Crippen molar-refractivity contribution in [3.63, 3.8) is 0 Å². The van der Waals surface area contributed by atoms with Gasteiger partial charge in [0.15, 0.2) is 0 Å². The van der Waals surface area contributed by atoms with Gasteiger partial charge in [-0.1, -0.05) is 0 Å². The molecule has 3 heteroatoms. The lowest BCUT2D eigenvalue weighted by Gasteiger charge is -2.02. The van der Waals surface area contributed by atoms with Gasteiger partial charge in [0.25, 0.3) is 0 Å². The van der Waals surface area contributed by atoms with Crippen LogP contribution >= 0.6 is 0 Å². The number of nitrogen functional groups attached to an aromatic ring is 1. The Bertz CT molecular complexity index is 264. The van der Waals surface area contributed by atoms with E-state index in [2.05, 4.69) is 10.3 Å². The molecule has 0 amide bonds. The highest BCUT2D eigenvalue weighted by Gasteiger charge is 2.19. The van der Waals surface area contributed by atoms with E-state index in [0.29, 0.717) is 0 Å². The molecule has 1 aliphatic carbocycles. The van der Waals surface area contributed by atoms with Crippen LogP contribution in [-0.4, -0.2) is 11.5 Å². The van der Waals surface area contributed by atoms with Crippen LogP contribution in [0.25, 0.3) is 0 Å². The number of hydrogen-bond donors (Lipinski definition) is 2. The number of hydrogen-bond acceptors (Lipinski definition) is 3. The maximum atomic E-state index is 5.53. The molecule has 0 aliphatic heterocycles. The third-order valence-corrected chi connectivity index (χ3v) is 2.28. The van der Waals surface area contributed by atoms with Crippen LogP contribution in [0.2, 0.25) is 0 Å². The summed E-state index contributed by atoms with van der Waals surface area (Å²) in [6.07, 6.45) is 4.48. The molecule has 1 aromatic rings. The number of nitrogens with zero attached hydrogens (tertiary/aromatic N) is 1. The molecule has 0 atom stereocenters. The standard InChI is InChI=1S/C10H15N3/c11-9-3-4-10(13-6-9)7-12-5-8-1-2-8/h3-4,6,8,12H,1-2,5,7,11H2. The van der Waals surface area contributed by atoms with Gasteiger partial charge in [0.2, 0.25) is 0 Å². The lowest BCUT2D eigenvalue weighted by molar-refractivity contribution is 0.630. The molecule has 0 bridgehead atoms. The fraction of sp³-hybridized carbons (Fsp3) is 0.500. The summed E-state index contributed by atoms with van der Waals surface area (Å²) in [6.45, 7) is 1.99. The van der Waals surface area contributed by atoms with Gasteiger partial charge in [-0.15, -0.1) is 0 Å². The van der Waals surface area contributed by atoms with Crippen LogP contribution in [0.15, 0.2) is 18.3 Å². The van der Waals surface area contributed by atoms with Gasteiger partial charge >= 0.3 is 0 Å². The molecule has 1 heterocycles. The second-order valence-electron chi connectivity index (χ2n) is 3.66. The molecular formula is C10H15N3. The minimum Gasteiger partial charge on any atom is -0.397 e. The number of anilines is 1. The molecule has 1 aromatic heterocycles. The first-order valence-corrected chi connectivity index (χ1v) is 4.76. The Balaban J connectivity index is 1.76. The van der Waals surface area contributed by atoms with E-state index < -0.39 is 0 Å². The van der Waals surface area contributed by atoms with Gasteiger partial charge < -0.3 is 11.1 Å². The molecule has 70 valence electrons. The van der Waals surface area contributed by atoms with Crippen LogP contribution in [0.4, 0.5) is 5.69 Å². The van der Waals surface area contributed by atoms with Gasteiger partial charge in [0, 0.05) is 6.54 Å². The first kappa shape index (κ1) is 8.51. The molecular weight excluding hydrogens is 162 g/mol. The van der Waals surface area contributed by atoms with Gasteiger partial charge in [-0.25, -0.2) is 0 Å². The topological polar surface area (TPSA) is 50.9 Å². The maximum Gasteiger partial charge on any atom is 0.0543 e. The summed E-state index contributed by atoms with van der Waals surface area (Å²) >= 11 is 0. The van der Waals surface area contributed by atoms with Crippen molar-refractivity contribution in [3.05, 3.63) is 24.0 Å². The zero-order valence-electron chi connectivity index (χ0n) is 7.66. The summed E-state index contributed by atoms with van der Waals surface area (Å²) in [4.78, 5) is 4.21. The second kappa shape index (κ2) is 3.75. The second-order valence-corrected chi connectivity index (χ2v) is 3.66. The minimum atomic E-state index is 0.728. The molecule has 1 fully saturated rings. The molecule has 1 aliphatic rings. The van der Waals surface area contributed by atoms with Crippen LogP contribution < -0.4 is 11.1 Å². The Morgan fingerprint density at radius 2 is 2.31 bits per heavy atom. The Kier molecular flexibility index (Phi) is 2.45. The lowest BCUT2D eigenvalue weighted by atomic mass is 10.3. The SMILES string of the molecule is Nc1ccc(CNCC2CC2)nc1. The van der Waals surface area contributed by atoms with Crippen LogP contribution in [0.3, 0.4) is 0 Å². The van der Waals surface area contributed by atoms with E-state index in [1.807, 2.05) is 12.1 Å². The van der Waals surface area contributed by atoms with Crippen molar-refractivity contribution in [1.82, 2.24) is 10.3 Å². The zero-order chi connectivity index (χ0) is 9.10. The summed E-state index contributed by atoms with van der Waals surface area (Å²) in [5, 5.41) is 3.38. The number of aromatic nitrogens is 1. The van der Waals surface area contributed by atoms with E-state index in [-0.39, 0.29) is 0 Å². The number of nitrogens with two attached hydrogens (primary N) is 1. The van der Waals surface area contributed by atoms with Crippen molar-refractivity contribution in [2.24, 2.45) is 5.92 Å². The molecule has 0 radical (unpaired) electrons. The monoisotopic (exact) mass is 177 g/mol. The largest absolute Gasteiger partial charge is 0.397 e. The fourth-order valence-corrected chi connectivity index (χ4v) is 1.27. The quantitative estimate of drug-likeness (QED) is 0.725. The highest BCUT2D eigenvalue weighted by molar-refractivity contribution is 5.34. The van der Waals surface area contributed by atoms with Crippen molar-refractivity contribution < 1.29 is 0 Å². The van der Waals surface area contributed by atoms with E-state index >= 15 is 0 Å². The smallest absolute Gasteiger partial charge is 0.0543 e. The maximum absolute atomic E-state index is 5.53. The third kappa shape index (κ3) is 2.70. The number of nitrogens with one attached hydrogen (secondary N) is 1. The Labute approximate surface area is 78.4 Å². The molecule has 0 unspecified atom stereocenters. The molecule has 2 rings (SSSR count). The average molecular weight is 177 g/mol. The fourth-order valence-electron chi connectivity index (χ4n) is 1.27. The van der Waals surface area contributed by atoms with E-state index in [1.54, 1.807) is 6.20 Å². The van der Waals surface area contributed by atoms with E-state index in [1.165, 1.54) is 12.8 Å². The lowest BCUT2D eigenvalue weighted by Crippen LogP contribution is -2.16. The summed E-state index contributed by atoms with van der Waals surface area (Å²) in [6, 6.07) is 3.86. The van der Waals surface area contributed by atoms with Gasteiger partial charge in [-0.05, 0) is 37.4 Å². The van der Waals surface area contributed by atoms with Crippen molar-refractivity contribution in [2.75, 3.05) is 12.3 Å². The molecule has 13 heavy (non-hydrogen) atoms. The van der Waals surface area contributed by atoms with Crippen molar-refractivity contribution in [3.8, 4) is 0 Å². The molecule has 3 N–H and O–H groups in total. The normalized spacial score (nSPS) is 16.0. The van der Waals surface area contributed by atoms with Gasteiger partial charge in [0.1, 0.15) is 0 Å². The summed E-state index contributed by atoms with van der Waals surface area (Å²) in [5.74, 6) is 0.925. The zero-order valence-corrected chi connectivity index (χ0v) is 7.66. The summed E-state index contributed by atoms with van der Waals surface area (Å²) in [7, 11) is 0. The number of pyridine rings is 1. The van der Waals surface area contributed by atoms with E-state index in [4.69, 9.17) is 5.73 Å². The van der Waals surface area contributed by atoms with Gasteiger partial charge in [-0.2, -0.15) is 0 Å². The summed E-state index contributed by atoms with van der Waals surface area (Å²) < 4.78 is 0. The first-order chi connectivity index (χ1) is 6.34. The third-order valence-electron chi connectivity index (χ3n) is 2.28. The highest BCUT2D eigenvalue weighted by Crippen LogP contribution is 2.27. The Morgan fingerprint density at radius 1 is 1.46 bits per heavy atom. The van der Waals surface area contributed by atoms with Gasteiger partial charge in [0.05, 0.1) is 17.6 Å². The molecule has 0 aromatic carbocycles. The van der Waals surface area contributed by atoms with Crippen LogP contribution in [0.1, 0.15) is 18.5 Å². The van der Waals surface area contributed by atoms with Crippen molar-refractivity contribution >= 4 is 5.69 Å².